The fourth-order valence-electron chi connectivity index (χ4n) is 1.11. The first kappa shape index (κ1) is 11.5. The number of hydrogen-bond acceptors (Lipinski definition) is 2. The molecule has 1 aromatic carbocycles. The van der Waals surface area contributed by atoms with Crippen LogP contribution in [-0.2, 0) is 6.54 Å². The van der Waals surface area contributed by atoms with Crippen LogP contribution in [0.4, 0.5) is 0 Å². The predicted molar refractivity (Wildman–Crippen MR) is 62.4 cm³/mol. The maximum absolute atomic E-state index is 5.59. The lowest BCUT2D eigenvalue weighted by Gasteiger charge is -2.08. The second-order valence-corrected chi connectivity index (χ2v) is 4.03. The van der Waals surface area contributed by atoms with Crippen molar-refractivity contribution in [2.45, 2.75) is 26.3 Å². The molecule has 1 rings (SSSR count). The summed E-state index contributed by atoms with van der Waals surface area (Å²) >= 11 is 3.46. The molecule has 0 aliphatic carbocycles. The van der Waals surface area contributed by atoms with Crippen LogP contribution in [0.15, 0.2) is 22.7 Å². The summed E-state index contributed by atoms with van der Waals surface area (Å²) in [5.74, 6) is 0.899. The molecule has 1 aromatic rings. The normalized spacial score (nSPS) is 10.2. The summed E-state index contributed by atoms with van der Waals surface area (Å²) in [5, 5.41) is 0. The number of rotatable bonds is 5. The van der Waals surface area contributed by atoms with E-state index in [1.54, 1.807) is 0 Å². The molecule has 2 nitrogen and oxygen atoms in total. The second-order valence-electron chi connectivity index (χ2n) is 3.17. The van der Waals surface area contributed by atoms with Crippen LogP contribution in [0.5, 0.6) is 5.75 Å². The van der Waals surface area contributed by atoms with Crippen molar-refractivity contribution < 1.29 is 4.74 Å². The van der Waals surface area contributed by atoms with E-state index in [0.29, 0.717) is 6.54 Å². The van der Waals surface area contributed by atoms with Gasteiger partial charge in [-0.25, -0.2) is 0 Å². The van der Waals surface area contributed by atoms with E-state index in [1.165, 1.54) is 0 Å². The zero-order chi connectivity index (χ0) is 10.4. The molecule has 0 radical (unpaired) electrons. The molecule has 0 atom stereocenters. The first-order chi connectivity index (χ1) is 6.77. The van der Waals surface area contributed by atoms with E-state index >= 15 is 0 Å². The van der Waals surface area contributed by atoms with Crippen molar-refractivity contribution in [2.75, 3.05) is 6.61 Å². The fraction of sp³-hybridized carbons (Fsp3) is 0.455. The van der Waals surface area contributed by atoms with Gasteiger partial charge in [0.1, 0.15) is 5.75 Å². The van der Waals surface area contributed by atoms with E-state index in [4.69, 9.17) is 10.5 Å². The number of halogens is 1. The third kappa shape index (κ3) is 3.31. The third-order valence-corrected chi connectivity index (χ3v) is 2.61. The van der Waals surface area contributed by atoms with Gasteiger partial charge < -0.3 is 10.5 Å². The van der Waals surface area contributed by atoms with Gasteiger partial charge in [-0.3, -0.25) is 0 Å². The van der Waals surface area contributed by atoms with Gasteiger partial charge in [0.2, 0.25) is 0 Å². The molecule has 0 unspecified atom stereocenters. The number of hydrogen-bond donors (Lipinski definition) is 1. The van der Waals surface area contributed by atoms with Crippen LogP contribution in [0, 0.1) is 0 Å². The Balaban J connectivity index is 2.59. The van der Waals surface area contributed by atoms with E-state index < -0.39 is 0 Å². The van der Waals surface area contributed by atoms with Crippen LogP contribution >= 0.6 is 15.9 Å². The Kier molecular flexibility index (Phi) is 4.98. The SMILES string of the molecule is CCCCOc1ccc(CN)cc1Br. The molecule has 0 spiro atoms. The molecule has 0 heterocycles. The molecule has 0 amide bonds. The van der Waals surface area contributed by atoms with Gasteiger partial charge in [0, 0.05) is 6.54 Å². The zero-order valence-electron chi connectivity index (χ0n) is 8.42. The summed E-state index contributed by atoms with van der Waals surface area (Å²) in [6, 6.07) is 5.95. The van der Waals surface area contributed by atoms with Crippen molar-refractivity contribution in [3.8, 4) is 5.75 Å². The first-order valence-electron chi connectivity index (χ1n) is 4.89. The number of benzene rings is 1. The first-order valence-corrected chi connectivity index (χ1v) is 5.68. The third-order valence-electron chi connectivity index (χ3n) is 1.99. The summed E-state index contributed by atoms with van der Waals surface area (Å²) in [6.07, 6.45) is 2.24. The standard InChI is InChI=1S/C11H16BrNO/c1-2-3-6-14-11-5-4-9(8-13)7-10(11)12/h4-5,7H,2-3,6,8,13H2,1H3. The average molecular weight is 258 g/mol. The van der Waals surface area contributed by atoms with Gasteiger partial charge in [-0.1, -0.05) is 19.4 Å². The highest BCUT2D eigenvalue weighted by atomic mass is 79.9. The summed E-state index contributed by atoms with van der Waals surface area (Å²) in [6.45, 7) is 3.49. The molecule has 0 bridgehead atoms. The Morgan fingerprint density at radius 3 is 2.79 bits per heavy atom. The summed E-state index contributed by atoms with van der Waals surface area (Å²) in [5.41, 5.74) is 6.64. The molecule has 0 aliphatic heterocycles. The van der Waals surface area contributed by atoms with E-state index in [1.807, 2.05) is 18.2 Å². The topological polar surface area (TPSA) is 35.2 Å². The lowest BCUT2D eigenvalue weighted by molar-refractivity contribution is 0.307. The predicted octanol–water partition coefficient (Wildman–Crippen LogP) is 3.09. The van der Waals surface area contributed by atoms with Crippen LogP contribution in [0.1, 0.15) is 25.3 Å². The van der Waals surface area contributed by atoms with Crippen molar-refractivity contribution in [1.82, 2.24) is 0 Å². The highest BCUT2D eigenvalue weighted by Gasteiger charge is 2.01. The zero-order valence-corrected chi connectivity index (χ0v) is 10.0. The van der Waals surface area contributed by atoms with Crippen molar-refractivity contribution in [2.24, 2.45) is 5.73 Å². The summed E-state index contributed by atoms with van der Waals surface area (Å²) in [4.78, 5) is 0. The smallest absolute Gasteiger partial charge is 0.133 e. The number of ether oxygens (including phenoxy) is 1. The Morgan fingerprint density at radius 2 is 2.21 bits per heavy atom. The molecular weight excluding hydrogens is 242 g/mol. The highest BCUT2D eigenvalue weighted by molar-refractivity contribution is 9.10. The van der Waals surface area contributed by atoms with Gasteiger partial charge in [0.15, 0.2) is 0 Å². The van der Waals surface area contributed by atoms with Crippen LogP contribution in [0.3, 0.4) is 0 Å². The van der Waals surface area contributed by atoms with Gasteiger partial charge in [-0.15, -0.1) is 0 Å². The molecule has 0 saturated carbocycles. The van der Waals surface area contributed by atoms with E-state index in [-0.39, 0.29) is 0 Å². The fourth-order valence-corrected chi connectivity index (χ4v) is 1.66. The summed E-state index contributed by atoms with van der Waals surface area (Å²) in [7, 11) is 0. The minimum atomic E-state index is 0.563. The second kappa shape index (κ2) is 6.04. The van der Waals surface area contributed by atoms with Crippen LogP contribution in [-0.4, -0.2) is 6.61 Å². The molecule has 3 heteroatoms. The molecular formula is C11H16BrNO. The molecule has 0 fully saturated rings. The Morgan fingerprint density at radius 1 is 1.43 bits per heavy atom. The quantitative estimate of drug-likeness (QED) is 0.824. The van der Waals surface area contributed by atoms with Gasteiger partial charge in [0.05, 0.1) is 11.1 Å². The Labute approximate surface area is 93.6 Å². The van der Waals surface area contributed by atoms with Gasteiger partial charge >= 0.3 is 0 Å². The lowest BCUT2D eigenvalue weighted by atomic mass is 10.2. The van der Waals surface area contributed by atoms with E-state index in [9.17, 15) is 0 Å². The molecule has 2 N–H and O–H groups in total. The average Bonchev–Trinajstić information content (AvgIpc) is 2.20. The molecule has 0 aromatic heterocycles. The minimum absolute atomic E-state index is 0.563. The van der Waals surface area contributed by atoms with E-state index in [0.717, 1.165) is 35.2 Å². The monoisotopic (exact) mass is 257 g/mol. The van der Waals surface area contributed by atoms with Crippen LogP contribution < -0.4 is 10.5 Å². The van der Waals surface area contributed by atoms with Crippen molar-refractivity contribution in [1.29, 1.82) is 0 Å². The highest BCUT2D eigenvalue weighted by Crippen LogP contribution is 2.25. The summed E-state index contributed by atoms with van der Waals surface area (Å²) < 4.78 is 6.57. The molecule has 78 valence electrons. The van der Waals surface area contributed by atoms with Gasteiger partial charge in [-0.2, -0.15) is 0 Å². The molecule has 0 aliphatic rings. The number of unbranched alkanes of at least 4 members (excludes halogenated alkanes) is 1. The van der Waals surface area contributed by atoms with Gasteiger partial charge in [0.25, 0.3) is 0 Å². The molecule has 0 saturated heterocycles. The Bertz CT molecular complexity index is 289. The largest absolute Gasteiger partial charge is 0.492 e. The van der Waals surface area contributed by atoms with Crippen LogP contribution in [0.2, 0.25) is 0 Å². The Hall–Kier alpha value is -0.540. The lowest BCUT2D eigenvalue weighted by Crippen LogP contribution is -1.99. The van der Waals surface area contributed by atoms with Crippen LogP contribution in [0.25, 0.3) is 0 Å². The van der Waals surface area contributed by atoms with Crippen molar-refractivity contribution in [3.63, 3.8) is 0 Å². The maximum Gasteiger partial charge on any atom is 0.133 e. The van der Waals surface area contributed by atoms with Crippen molar-refractivity contribution in [3.05, 3.63) is 28.2 Å². The van der Waals surface area contributed by atoms with Crippen molar-refractivity contribution >= 4 is 15.9 Å². The minimum Gasteiger partial charge on any atom is -0.492 e. The maximum atomic E-state index is 5.59. The van der Waals surface area contributed by atoms with Gasteiger partial charge in [-0.05, 0) is 40.0 Å². The van der Waals surface area contributed by atoms with E-state index in [2.05, 4.69) is 22.9 Å². The number of nitrogens with two attached hydrogens (primary N) is 1. The molecule has 14 heavy (non-hydrogen) atoms.